The Labute approximate surface area is 127 Å². The number of methoxy groups -OCH3 is 1. The van der Waals surface area contributed by atoms with Gasteiger partial charge in [0.25, 0.3) is 5.89 Å². The molecule has 0 bridgehead atoms. The van der Waals surface area contributed by atoms with Gasteiger partial charge < -0.3 is 19.1 Å². The Morgan fingerprint density at radius 1 is 1.45 bits per heavy atom. The molecule has 1 N–H and O–H groups in total. The highest BCUT2D eigenvalue weighted by atomic mass is 16.6. The number of ether oxygens (including phenoxy) is 2. The van der Waals surface area contributed by atoms with E-state index in [2.05, 4.69) is 10.1 Å². The number of phenolic OH excluding ortho intramolecular Hbond substituents is 1. The lowest BCUT2D eigenvalue weighted by molar-refractivity contribution is 0.0262. The zero-order valence-electron chi connectivity index (χ0n) is 12.7. The van der Waals surface area contributed by atoms with Gasteiger partial charge in [-0.1, -0.05) is 18.1 Å². The number of nitrogens with zero attached hydrogens (tertiary/aromatic N) is 2. The van der Waals surface area contributed by atoms with E-state index >= 15 is 0 Å². The molecular weight excluding hydrogens is 288 g/mol. The maximum atomic E-state index is 12.1. The van der Waals surface area contributed by atoms with Crippen molar-refractivity contribution in [2.45, 2.75) is 32.8 Å². The van der Waals surface area contributed by atoms with Crippen molar-refractivity contribution in [3.63, 3.8) is 0 Å². The fourth-order valence-corrected chi connectivity index (χ4v) is 1.88. The lowest BCUT2D eigenvalue weighted by Crippen LogP contribution is -2.10. The smallest absolute Gasteiger partial charge is 0.342 e. The second-order valence-corrected chi connectivity index (χ2v) is 4.70. The van der Waals surface area contributed by atoms with Crippen molar-refractivity contribution in [1.29, 1.82) is 0 Å². The molecule has 0 amide bonds. The first-order valence-electron chi connectivity index (χ1n) is 6.96. The highest BCUT2D eigenvalue weighted by Crippen LogP contribution is 2.30. The number of aryl methyl sites for hydroxylation is 1. The second kappa shape index (κ2) is 6.93. The molecule has 2 rings (SSSR count). The molecule has 22 heavy (non-hydrogen) atoms. The van der Waals surface area contributed by atoms with Gasteiger partial charge in [-0.3, -0.25) is 0 Å². The van der Waals surface area contributed by atoms with Crippen LogP contribution in [0.2, 0.25) is 0 Å². The first kappa shape index (κ1) is 15.8. The number of rotatable bonds is 6. The van der Waals surface area contributed by atoms with Crippen LogP contribution in [0.3, 0.4) is 0 Å². The third-order valence-electron chi connectivity index (χ3n) is 3.03. The minimum atomic E-state index is -0.712. The molecule has 1 atom stereocenters. The minimum absolute atomic E-state index is 0.0134. The molecule has 0 aliphatic rings. The molecule has 1 aromatic carbocycles. The van der Waals surface area contributed by atoms with Gasteiger partial charge in [-0.05, 0) is 25.5 Å². The Morgan fingerprint density at radius 3 is 2.91 bits per heavy atom. The maximum absolute atomic E-state index is 12.1. The predicted molar refractivity (Wildman–Crippen MR) is 76.8 cm³/mol. The molecule has 118 valence electrons. The lowest BCUT2D eigenvalue weighted by Gasteiger charge is -2.11. The fourth-order valence-electron chi connectivity index (χ4n) is 1.88. The number of aromatic hydroxyl groups is 1. The summed E-state index contributed by atoms with van der Waals surface area (Å²) >= 11 is 0. The third kappa shape index (κ3) is 3.36. The minimum Gasteiger partial charge on any atom is -0.504 e. The van der Waals surface area contributed by atoms with Crippen molar-refractivity contribution in [3.05, 3.63) is 35.5 Å². The summed E-state index contributed by atoms with van der Waals surface area (Å²) < 4.78 is 15.3. The Balaban J connectivity index is 2.10. The number of para-hydroxylation sites is 1. The topological polar surface area (TPSA) is 94.7 Å². The molecule has 7 heteroatoms. The van der Waals surface area contributed by atoms with Crippen molar-refractivity contribution >= 4 is 5.97 Å². The molecular formula is C15H18N2O5. The summed E-state index contributed by atoms with van der Waals surface area (Å²) in [5, 5.41) is 13.7. The van der Waals surface area contributed by atoms with Crippen LogP contribution in [-0.2, 0) is 11.2 Å². The van der Waals surface area contributed by atoms with Gasteiger partial charge in [-0.15, -0.1) is 0 Å². The summed E-state index contributed by atoms with van der Waals surface area (Å²) in [6.45, 7) is 3.63. The standard InChI is InChI=1S/C15H18N2O5/c1-4-6-12-16-14(22-17-12)9(2)21-15(19)10-7-5-8-11(20-3)13(10)18/h5,7-9,18H,4,6H2,1-3H3. The van der Waals surface area contributed by atoms with Crippen molar-refractivity contribution in [1.82, 2.24) is 10.1 Å². The van der Waals surface area contributed by atoms with Gasteiger partial charge in [0, 0.05) is 6.42 Å². The van der Waals surface area contributed by atoms with Crippen molar-refractivity contribution in [3.8, 4) is 11.5 Å². The Hall–Kier alpha value is -2.57. The van der Waals surface area contributed by atoms with E-state index in [0.717, 1.165) is 6.42 Å². The van der Waals surface area contributed by atoms with Crippen LogP contribution in [0.4, 0.5) is 0 Å². The van der Waals surface area contributed by atoms with E-state index < -0.39 is 12.1 Å². The van der Waals surface area contributed by atoms with Crippen LogP contribution < -0.4 is 4.74 Å². The monoisotopic (exact) mass is 306 g/mol. The molecule has 0 aliphatic heterocycles. The van der Waals surface area contributed by atoms with Gasteiger partial charge in [-0.2, -0.15) is 4.98 Å². The van der Waals surface area contributed by atoms with E-state index in [4.69, 9.17) is 14.0 Å². The molecule has 0 aliphatic carbocycles. The molecule has 1 heterocycles. The summed E-state index contributed by atoms with van der Waals surface area (Å²) in [4.78, 5) is 16.3. The van der Waals surface area contributed by atoms with Crippen molar-refractivity contribution < 1.29 is 23.9 Å². The number of benzene rings is 1. The zero-order chi connectivity index (χ0) is 16.1. The number of carbonyl (C=O) groups excluding carboxylic acids is 1. The number of aromatic nitrogens is 2. The van der Waals surface area contributed by atoms with Gasteiger partial charge >= 0.3 is 5.97 Å². The number of esters is 1. The highest BCUT2D eigenvalue weighted by molar-refractivity contribution is 5.93. The molecule has 0 radical (unpaired) electrons. The molecule has 7 nitrogen and oxygen atoms in total. The van der Waals surface area contributed by atoms with Crippen LogP contribution in [0.25, 0.3) is 0 Å². The van der Waals surface area contributed by atoms with Gasteiger partial charge in [0.05, 0.1) is 7.11 Å². The fraction of sp³-hybridized carbons (Fsp3) is 0.400. The summed E-state index contributed by atoms with van der Waals surface area (Å²) in [5.41, 5.74) is 0.0134. The zero-order valence-corrected chi connectivity index (χ0v) is 12.7. The van der Waals surface area contributed by atoms with Gasteiger partial charge in [0.15, 0.2) is 23.4 Å². The summed E-state index contributed by atoms with van der Waals surface area (Å²) in [7, 11) is 1.40. The average molecular weight is 306 g/mol. The number of carbonyl (C=O) groups is 1. The Kier molecular flexibility index (Phi) is 4.98. The average Bonchev–Trinajstić information content (AvgIpc) is 2.96. The molecule has 1 aromatic heterocycles. The van der Waals surface area contributed by atoms with E-state index in [0.29, 0.717) is 12.2 Å². The summed E-state index contributed by atoms with van der Waals surface area (Å²) in [5.74, 6) is 0.0347. The van der Waals surface area contributed by atoms with E-state index in [-0.39, 0.29) is 23.0 Å². The van der Waals surface area contributed by atoms with E-state index in [1.807, 2.05) is 6.92 Å². The molecule has 0 saturated carbocycles. The van der Waals surface area contributed by atoms with Gasteiger partial charge in [0.1, 0.15) is 5.56 Å². The first-order chi connectivity index (χ1) is 10.6. The van der Waals surface area contributed by atoms with Crippen molar-refractivity contribution in [2.24, 2.45) is 0 Å². The van der Waals surface area contributed by atoms with Crippen LogP contribution >= 0.6 is 0 Å². The van der Waals surface area contributed by atoms with E-state index in [1.165, 1.54) is 13.2 Å². The molecule has 0 saturated heterocycles. The van der Waals surface area contributed by atoms with Crippen molar-refractivity contribution in [2.75, 3.05) is 7.11 Å². The number of phenols is 1. The molecule has 0 spiro atoms. The highest BCUT2D eigenvalue weighted by Gasteiger charge is 2.22. The van der Waals surface area contributed by atoms with Crippen LogP contribution in [0.1, 0.15) is 48.4 Å². The van der Waals surface area contributed by atoms with Crippen LogP contribution in [0.15, 0.2) is 22.7 Å². The lowest BCUT2D eigenvalue weighted by atomic mass is 10.2. The predicted octanol–water partition coefficient (Wildman–Crippen LogP) is 2.65. The van der Waals surface area contributed by atoms with E-state index in [1.54, 1.807) is 19.1 Å². The largest absolute Gasteiger partial charge is 0.504 e. The van der Waals surface area contributed by atoms with Crippen LogP contribution in [-0.4, -0.2) is 28.3 Å². The Morgan fingerprint density at radius 2 is 2.23 bits per heavy atom. The normalized spacial score (nSPS) is 12.0. The number of hydrogen-bond donors (Lipinski definition) is 1. The van der Waals surface area contributed by atoms with Gasteiger partial charge in [-0.25, -0.2) is 4.79 Å². The van der Waals surface area contributed by atoms with Crippen LogP contribution in [0, 0.1) is 0 Å². The third-order valence-corrected chi connectivity index (χ3v) is 3.03. The van der Waals surface area contributed by atoms with Crippen LogP contribution in [0.5, 0.6) is 11.5 Å². The quantitative estimate of drug-likeness (QED) is 0.820. The maximum Gasteiger partial charge on any atom is 0.342 e. The molecule has 2 aromatic rings. The first-order valence-corrected chi connectivity index (χ1v) is 6.96. The summed E-state index contributed by atoms with van der Waals surface area (Å²) in [6, 6.07) is 4.58. The molecule has 1 unspecified atom stereocenters. The second-order valence-electron chi connectivity index (χ2n) is 4.70. The molecule has 0 fully saturated rings. The van der Waals surface area contributed by atoms with Gasteiger partial charge in [0.2, 0.25) is 0 Å². The SMILES string of the molecule is CCCc1noc(C(C)OC(=O)c2cccc(OC)c2O)n1. The number of hydrogen-bond acceptors (Lipinski definition) is 7. The Bertz CT molecular complexity index is 653. The van der Waals surface area contributed by atoms with E-state index in [9.17, 15) is 9.90 Å². The summed E-state index contributed by atoms with van der Waals surface area (Å²) in [6.07, 6.45) is 0.877.